The first-order valence-electron chi connectivity index (χ1n) is 10.2. The first-order chi connectivity index (χ1) is 15.5. The molecule has 0 aliphatic rings. The average Bonchev–Trinajstić information content (AvgIpc) is 3.17. The number of amides is 1. The highest BCUT2D eigenvalue weighted by Gasteiger charge is 2.30. The van der Waals surface area contributed by atoms with Gasteiger partial charge in [0.1, 0.15) is 5.69 Å². The highest BCUT2D eigenvalue weighted by atomic mass is 19.4. The first kappa shape index (κ1) is 24.0. The molecule has 0 radical (unpaired) electrons. The molecule has 0 saturated carbocycles. The fraction of sp³-hybridized carbons (Fsp3) is 0.304. The van der Waals surface area contributed by atoms with Crippen molar-refractivity contribution < 1.29 is 27.9 Å². The summed E-state index contributed by atoms with van der Waals surface area (Å²) in [6.45, 7) is 5.55. The van der Waals surface area contributed by atoms with E-state index in [1.807, 2.05) is 13.8 Å². The van der Waals surface area contributed by atoms with Crippen molar-refractivity contribution in [2.75, 3.05) is 0 Å². The molecule has 3 rings (SSSR count). The Morgan fingerprint density at radius 2 is 1.64 bits per heavy atom. The van der Waals surface area contributed by atoms with E-state index in [1.54, 1.807) is 19.1 Å². The van der Waals surface area contributed by atoms with Crippen LogP contribution in [0.3, 0.4) is 0 Å². The summed E-state index contributed by atoms with van der Waals surface area (Å²) in [5.74, 6) is -1.60. The zero-order chi connectivity index (χ0) is 24.3. The van der Waals surface area contributed by atoms with Gasteiger partial charge in [-0.3, -0.25) is 4.79 Å². The Labute approximate surface area is 188 Å². The molecule has 2 N–H and O–H groups in total. The lowest BCUT2D eigenvalue weighted by Gasteiger charge is -2.16. The molecule has 1 unspecified atom stereocenters. The number of carboxylic acids is 1. The number of carbonyl (C=O) groups excluding carboxylic acids is 1. The molecule has 33 heavy (non-hydrogen) atoms. The molecule has 0 bridgehead atoms. The fourth-order valence-corrected chi connectivity index (χ4v) is 3.29. The molecule has 0 fully saturated rings. The van der Waals surface area contributed by atoms with E-state index in [4.69, 9.17) is 5.11 Å². The molecule has 0 aliphatic carbocycles. The van der Waals surface area contributed by atoms with Crippen LogP contribution in [0.1, 0.15) is 76.0 Å². The minimum absolute atomic E-state index is 0.0717. The van der Waals surface area contributed by atoms with E-state index in [0.29, 0.717) is 16.8 Å². The van der Waals surface area contributed by atoms with Crippen LogP contribution in [0.15, 0.2) is 48.5 Å². The number of carboxylic acid groups (broad SMARTS) is 1. The zero-order valence-electron chi connectivity index (χ0n) is 18.2. The van der Waals surface area contributed by atoms with E-state index in [2.05, 4.69) is 15.6 Å². The predicted octanol–water partition coefficient (Wildman–Crippen LogP) is 4.66. The number of hydrogen-bond donors (Lipinski definition) is 2. The van der Waals surface area contributed by atoms with Crippen molar-refractivity contribution in [1.29, 1.82) is 0 Å². The molecular formula is C23H23F3N4O3. The third kappa shape index (κ3) is 5.57. The Morgan fingerprint density at radius 3 is 2.15 bits per heavy atom. The molecule has 0 saturated heterocycles. The minimum Gasteiger partial charge on any atom is -0.478 e. The summed E-state index contributed by atoms with van der Waals surface area (Å²) < 4.78 is 39.8. The van der Waals surface area contributed by atoms with Crippen LogP contribution in [0.25, 0.3) is 0 Å². The highest BCUT2D eigenvalue weighted by Crippen LogP contribution is 2.29. The smallest absolute Gasteiger partial charge is 0.416 e. The molecule has 1 heterocycles. The number of rotatable bonds is 7. The lowest BCUT2D eigenvalue weighted by atomic mass is 10.0. The number of carbonyl (C=O) groups is 2. The molecule has 174 valence electrons. The number of benzene rings is 2. The van der Waals surface area contributed by atoms with Crippen molar-refractivity contribution in [1.82, 2.24) is 20.3 Å². The van der Waals surface area contributed by atoms with Gasteiger partial charge in [0.05, 0.1) is 29.4 Å². The quantitative estimate of drug-likeness (QED) is 0.535. The molecule has 0 spiro atoms. The van der Waals surface area contributed by atoms with Gasteiger partial charge in [-0.05, 0) is 48.2 Å². The van der Waals surface area contributed by atoms with E-state index in [0.717, 1.165) is 12.1 Å². The Bertz CT molecular complexity index is 1140. The summed E-state index contributed by atoms with van der Waals surface area (Å²) >= 11 is 0. The predicted molar refractivity (Wildman–Crippen MR) is 114 cm³/mol. The van der Waals surface area contributed by atoms with Crippen LogP contribution >= 0.6 is 0 Å². The lowest BCUT2D eigenvalue weighted by Crippen LogP contribution is -2.30. The number of halogens is 3. The molecular weight excluding hydrogens is 437 g/mol. The Kier molecular flexibility index (Phi) is 6.85. The lowest BCUT2D eigenvalue weighted by molar-refractivity contribution is -0.137. The largest absolute Gasteiger partial charge is 0.478 e. The van der Waals surface area contributed by atoms with Gasteiger partial charge in [0.25, 0.3) is 5.91 Å². The summed E-state index contributed by atoms with van der Waals surface area (Å²) in [4.78, 5) is 24.2. The summed E-state index contributed by atoms with van der Waals surface area (Å²) in [6.07, 6.45) is -4.43. The zero-order valence-corrected chi connectivity index (χ0v) is 18.2. The third-order valence-corrected chi connectivity index (χ3v) is 5.14. The van der Waals surface area contributed by atoms with Gasteiger partial charge in [0, 0.05) is 0 Å². The molecule has 1 aromatic heterocycles. The average molecular weight is 460 g/mol. The monoisotopic (exact) mass is 460 g/mol. The molecule has 3 aromatic rings. The van der Waals surface area contributed by atoms with Gasteiger partial charge in [-0.2, -0.15) is 13.2 Å². The van der Waals surface area contributed by atoms with Crippen LogP contribution < -0.4 is 5.32 Å². The number of nitrogens with one attached hydrogen (secondary N) is 1. The number of aromatic nitrogens is 3. The SMILES string of the molecule is CC(C)c1nnn(Cc2ccc(C(F)(F)F)cc2)c1C(=O)NC(C)c1ccc(C(=O)O)cc1. The van der Waals surface area contributed by atoms with Crippen LogP contribution in [-0.2, 0) is 12.7 Å². The maximum absolute atomic E-state index is 13.1. The first-order valence-corrected chi connectivity index (χ1v) is 10.2. The maximum Gasteiger partial charge on any atom is 0.416 e. The summed E-state index contributed by atoms with van der Waals surface area (Å²) in [6, 6.07) is 10.4. The molecule has 7 nitrogen and oxygen atoms in total. The van der Waals surface area contributed by atoms with E-state index >= 15 is 0 Å². The van der Waals surface area contributed by atoms with E-state index in [-0.39, 0.29) is 23.7 Å². The van der Waals surface area contributed by atoms with Crippen LogP contribution in [0.4, 0.5) is 13.2 Å². The molecule has 0 aliphatic heterocycles. The Morgan fingerprint density at radius 1 is 1.03 bits per heavy atom. The van der Waals surface area contributed by atoms with Crippen LogP contribution in [0.2, 0.25) is 0 Å². The second-order valence-electron chi connectivity index (χ2n) is 7.95. The standard InChI is InChI=1S/C23H23F3N4O3/c1-13(2)19-20(21(31)27-14(3)16-6-8-17(9-7-16)22(32)33)30(29-28-19)12-15-4-10-18(11-5-15)23(24,25)26/h4-11,13-14H,12H2,1-3H3,(H,27,31)(H,32,33). The van der Waals surface area contributed by atoms with E-state index in [1.165, 1.54) is 28.9 Å². The topological polar surface area (TPSA) is 97.1 Å². The van der Waals surface area contributed by atoms with E-state index < -0.39 is 29.7 Å². The Balaban J connectivity index is 1.83. The van der Waals surface area contributed by atoms with Gasteiger partial charge >= 0.3 is 12.1 Å². The normalized spacial score (nSPS) is 12.6. The summed E-state index contributed by atoms with van der Waals surface area (Å²) in [5, 5.41) is 20.1. The highest BCUT2D eigenvalue weighted by molar-refractivity contribution is 5.94. The Hall–Kier alpha value is -3.69. The van der Waals surface area contributed by atoms with Crippen molar-refractivity contribution in [3.05, 3.63) is 82.2 Å². The molecule has 10 heteroatoms. The fourth-order valence-electron chi connectivity index (χ4n) is 3.29. The number of hydrogen-bond acceptors (Lipinski definition) is 4. The van der Waals surface area contributed by atoms with Crippen molar-refractivity contribution in [3.8, 4) is 0 Å². The van der Waals surface area contributed by atoms with Crippen molar-refractivity contribution in [2.24, 2.45) is 0 Å². The number of alkyl halides is 3. The minimum atomic E-state index is -4.43. The van der Waals surface area contributed by atoms with Gasteiger partial charge in [-0.15, -0.1) is 5.10 Å². The van der Waals surface area contributed by atoms with Gasteiger partial charge in [-0.1, -0.05) is 43.3 Å². The number of nitrogens with zero attached hydrogens (tertiary/aromatic N) is 3. The van der Waals surface area contributed by atoms with Gasteiger partial charge in [0.15, 0.2) is 0 Å². The van der Waals surface area contributed by atoms with Crippen molar-refractivity contribution in [2.45, 2.75) is 45.5 Å². The second kappa shape index (κ2) is 9.43. The third-order valence-electron chi connectivity index (χ3n) is 5.14. The molecule has 1 atom stereocenters. The van der Waals surface area contributed by atoms with Gasteiger partial charge < -0.3 is 10.4 Å². The van der Waals surface area contributed by atoms with Gasteiger partial charge in [-0.25, -0.2) is 9.48 Å². The summed E-state index contributed by atoms with van der Waals surface area (Å²) in [5.41, 5.74) is 1.31. The van der Waals surface area contributed by atoms with Gasteiger partial charge in [0.2, 0.25) is 0 Å². The maximum atomic E-state index is 13.1. The van der Waals surface area contributed by atoms with E-state index in [9.17, 15) is 22.8 Å². The van der Waals surface area contributed by atoms with Crippen LogP contribution in [0, 0.1) is 0 Å². The van der Waals surface area contributed by atoms with Crippen LogP contribution in [-0.4, -0.2) is 32.0 Å². The number of aromatic carboxylic acids is 1. The molecule has 2 aromatic carbocycles. The van der Waals surface area contributed by atoms with Crippen LogP contribution in [0.5, 0.6) is 0 Å². The summed E-state index contributed by atoms with van der Waals surface area (Å²) in [7, 11) is 0. The van der Waals surface area contributed by atoms with Crippen molar-refractivity contribution in [3.63, 3.8) is 0 Å². The second-order valence-corrected chi connectivity index (χ2v) is 7.95. The molecule has 1 amide bonds. The van der Waals surface area contributed by atoms with Crippen molar-refractivity contribution >= 4 is 11.9 Å².